The molecule has 1 heterocycles. The average Bonchev–Trinajstić information content (AvgIpc) is 2.63. The second-order valence-electron chi connectivity index (χ2n) is 5.01. The zero-order valence-electron chi connectivity index (χ0n) is 11.2. The molecule has 0 radical (unpaired) electrons. The van der Waals surface area contributed by atoms with Gasteiger partial charge >= 0.3 is 0 Å². The topological polar surface area (TPSA) is 41.1 Å². The van der Waals surface area contributed by atoms with E-state index in [-0.39, 0.29) is 10.9 Å². The molecule has 108 valence electrons. The van der Waals surface area contributed by atoms with Crippen molar-refractivity contribution in [2.24, 2.45) is 0 Å². The van der Waals surface area contributed by atoms with Gasteiger partial charge in [-0.25, -0.2) is 4.39 Å². The summed E-state index contributed by atoms with van der Waals surface area (Å²) < 4.78 is 13.5. The number of benzene rings is 2. The summed E-state index contributed by atoms with van der Waals surface area (Å²) in [4.78, 5) is 12.2. The second kappa shape index (κ2) is 5.74. The molecule has 0 spiro atoms. The van der Waals surface area contributed by atoms with Gasteiger partial charge in [-0.1, -0.05) is 29.8 Å². The summed E-state index contributed by atoms with van der Waals surface area (Å²) in [6.45, 7) is 0. The van der Waals surface area contributed by atoms with E-state index in [2.05, 4.69) is 10.6 Å². The molecule has 1 aliphatic heterocycles. The lowest BCUT2D eigenvalue weighted by Gasteiger charge is -2.16. The molecule has 21 heavy (non-hydrogen) atoms. The number of nitrogens with one attached hydrogen (secondary N) is 2. The Hall–Kier alpha value is -2.07. The van der Waals surface area contributed by atoms with E-state index in [9.17, 15) is 9.18 Å². The van der Waals surface area contributed by atoms with Crippen molar-refractivity contribution in [3.05, 3.63) is 58.9 Å². The first-order chi connectivity index (χ1) is 10.1. The number of anilines is 2. The molecular weight excluding hydrogens is 291 g/mol. The number of carbonyl (C=O) groups is 1. The lowest BCUT2D eigenvalue weighted by atomic mass is 10.1. The first-order valence-electron chi connectivity index (χ1n) is 6.74. The van der Waals surface area contributed by atoms with Crippen LogP contribution in [0.1, 0.15) is 12.0 Å². The monoisotopic (exact) mass is 304 g/mol. The Morgan fingerprint density at radius 2 is 2.05 bits per heavy atom. The fourth-order valence-corrected chi connectivity index (χ4v) is 2.55. The number of halogens is 2. The Morgan fingerprint density at radius 1 is 1.24 bits per heavy atom. The van der Waals surface area contributed by atoms with Crippen LogP contribution in [0.25, 0.3) is 0 Å². The van der Waals surface area contributed by atoms with Crippen LogP contribution >= 0.6 is 11.6 Å². The highest BCUT2D eigenvalue weighted by Crippen LogP contribution is 2.24. The summed E-state index contributed by atoms with van der Waals surface area (Å²) in [6.07, 6.45) is 1.43. The number of fused-ring (bicyclic) bond motifs is 1. The molecule has 0 saturated carbocycles. The molecule has 3 nitrogen and oxygen atoms in total. The van der Waals surface area contributed by atoms with Gasteiger partial charge in [0.1, 0.15) is 11.9 Å². The first kappa shape index (κ1) is 13.9. The van der Waals surface area contributed by atoms with Crippen LogP contribution in [0, 0.1) is 5.82 Å². The number of rotatable bonds is 2. The van der Waals surface area contributed by atoms with Crippen LogP contribution in [0.4, 0.5) is 15.8 Å². The van der Waals surface area contributed by atoms with Gasteiger partial charge in [0, 0.05) is 11.4 Å². The van der Waals surface area contributed by atoms with Gasteiger partial charge in [0.25, 0.3) is 0 Å². The summed E-state index contributed by atoms with van der Waals surface area (Å²) in [7, 11) is 0. The van der Waals surface area contributed by atoms with Gasteiger partial charge in [0.15, 0.2) is 0 Å². The number of hydrogen-bond donors (Lipinski definition) is 2. The Bertz CT molecular complexity index is 690. The number of amides is 1. The van der Waals surface area contributed by atoms with Crippen molar-refractivity contribution >= 4 is 28.9 Å². The lowest BCUT2D eigenvalue weighted by Crippen LogP contribution is -2.33. The zero-order chi connectivity index (χ0) is 14.8. The quantitative estimate of drug-likeness (QED) is 0.885. The Balaban J connectivity index is 1.78. The molecule has 0 aliphatic carbocycles. The normalized spacial score (nSPS) is 17.6. The molecule has 0 bridgehead atoms. The minimum absolute atomic E-state index is 0.0678. The smallest absolute Gasteiger partial charge is 0.246 e. The largest absolute Gasteiger partial charge is 0.374 e. The van der Waals surface area contributed by atoms with Crippen LogP contribution < -0.4 is 10.6 Å². The third-order valence-corrected chi connectivity index (χ3v) is 3.86. The molecule has 0 aromatic heterocycles. The van der Waals surface area contributed by atoms with E-state index in [0.717, 1.165) is 17.7 Å². The van der Waals surface area contributed by atoms with Crippen molar-refractivity contribution < 1.29 is 9.18 Å². The van der Waals surface area contributed by atoms with Gasteiger partial charge in [0.05, 0.1) is 5.02 Å². The average molecular weight is 305 g/mol. The number of para-hydroxylation sites is 1. The molecule has 2 N–H and O–H groups in total. The minimum Gasteiger partial charge on any atom is -0.374 e. The highest BCUT2D eigenvalue weighted by atomic mass is 35.5. The van der Waals surface area contributed by atoms with Crippen LogP contribution in [0.2, 0.25) is 5.02 Å². The predicted molar refractivity (Wildman–Crippen MR) is 82.2 cm³/mol. The van der Waals surface area contributed by atoms with Gasteiger partial charge in [-0.2, -0.15) is 0 Å². The van der Waals surface area contributed by atoms with Crippen LogP contribution in [-0.4, -0.2) is 11.9 Å². The fourth-order valence-electron chi connectivity index (χ4n) is 2.44. The SMILES string of the molecule is O=C1Nc2ccccc2CCC1Nc1ccc(Cl)c(F)c1. The number of carbonyl (C=O) groups excluding carboxylic acids is 1. The van der Waals surface area contributed by atoms with E-state index in [4.69, 9.17) is 11.6 Å². The van der Waals surface area contributed by atoms with Crippen molar-refractivity contribution in [3.8, 4) is 0 Å². The molecule has 1 unspecified atom stereocenters. The van der Waals surface area contributed by atoms with E-state index >= 15 is 0 Å². The molecule has 2 aromatic carbocycles. The third-order valence-electron chi connectivity index (χ3n) is 3.55. The Morgan fingerprint density at radius 3 is 2.86 bits per heavy atom. The van der Waals surface area contributed by atoms with Gasteiger partial charge in [-0.3, -0.25) is 4.79 Å². The van der Waals surface area contributed by atoms with E-state index < -0.39 is 11.9 Å². The van der Waals surface area contributed by atoms with Crippen molar-refractivity contribution in [3.63, 3.8) is 0 Å². The van der Waals surface area contributed by atoms with Gasteiger partial charge in [-0.05, 0) is 42.7 Å². The second-order valence-corrected chi connectivity index (χ2v) is 5.42. The highest BCUT2D eigenvalue weighted by molar-refractivity contribution is 6.30. The molecule has 0 saturated heterocycles. The summed E-state index contributed by atoms with van der Waals surface area (Å²) in [5.41, 5.74) is 2.49. The van der Waals surface area contributed by atoms with E-state index in [1.807, 2.05) is 24.3 Å². The van der Waals surface area contributed by atoms with Crippen LogP contribution in [0.5, 0.6) is 0 Å². The van der Waals surface area contributed by atoms with E-state index in [1.165, 1.54) is 12.1 Å². The van der Waals surface area contributed by atoms with Gasteiger partial charge in [-0.15, -0.1) is 0 Å². The standard InChI is InChI=1S/C16H14ClFN2O/c17-12-7-6-11(9-13(12)18)19-15-8-5-10-3-1-2-4-14(10)20-16(15)21/h1-4,6-7,9,15,19H,5,8H2,(H,20,21). The highest BCUT2D eigenvalue weighted by Gasteiger charge is 2.23. The van der Waals surface area contributed by atoms with Crippen molar-refractivity contribution in [2.75, 3.05) is 10.6 Å². The van der Waals surface area contributed by atoms with Crippen LogP contribution in [0.15, 0.2) is 42.5 Å². The molecule has 1 amide bonds. The molecule has 1 atom stereocenters. The summed E-state index contributed by atoms with van der Waals surface area (Å²) in [5.74, 6) is -0.616. The third kappa shape index (κ3) is 3.00. The summed E-state index contributed by atoms with van der Waals surface area (Å²) in [5, 5.41) is 6.03. The summed E-state index contributed by atoms with van der Waals surface area (Å²) >= 11 is 5.66. The maximum atomic E-state index is 13.5. The van der Waals surface area contributed by atoms with Crippen LogP contribution in [-0.2, 0) is 11.2 Å². The maximum Gasteiger partial charge on any atom is 0.246 e. The number of hydrogen-bond acceptors (Lipinski definition) is 2. The predicted octanol–water partition coefficient (Wildman–Crippen LogP) is 3.84. The fraction of sp³-hybridized carbons (Fsp3) is 0.188. The number of aryl methyl sites for hydroxylation is 1. The first-order valence-corrected chi connectivity index (χ1v) is 7.11. The molecule has 1 aliphatic rings. The zero-order valence-corrected chi connectivity index (χ0v) is 12.0. The lowest BCUT2D eigenvalue weighted by molar-refractivity contribution is -0.116. The maximum absolute atomic E-state index is 13.5. The van der Waals surface area contributed by atoms with E-state index in [0.29, 0.717) is 12.1 Å². The van der Waals surface area contributed by atoms with Crippen molar-refractivity contribution in [1.82, 2.24) is 0 Å². The van der Waals surface area contributed by atoms with Crippen molar-refractivity contribution in [1.29, 1.82) is 0 Å². The molecule has 0 fully saturated rings. The molecule has 2 aromatic rings. The van der Waals surface area contributed by atoms with Crippen LogP contribution in [0.3, 0.4) is 0 Å². The Labute approximate surface area is 127 Å². The van der Waals surface area contributed by atoms with Crippen molar-refractivity contribution in [2.45, 2.75) is 18.9 Å². The summed E-state index contributed by atoms with van der Waals surface area (Å²) in [6, 6.07) is 11.8. The molecular formula is C16H14ClFN2O. The van der Waals surface area contributed by atoms with Gasteiger partial charge < -0.3 is 10.6 Å². The Kier molecular flexibility index (Phi) is 3.80. The molecule has 5 heteroatoms. The van der Waals surface area contributed by atoms with E-state index in [1.54, 1.807) is 6.07 Å². The van der Waals surface area contributed by atoms with Gasteiger partial charge in [0.2, 0.25) is 5.91 Å². The minimum atomic E-state index is -0.501. The molecule has 3 rings (SSSR count).